The molecule has 2 rings (SSSR count). The van der Waals surface area contributed by atoms with Crippen LogP contribution < -0.4 is 0 Å². The van der Waals surface area contributed by atoms with E-state index in [1.807, 2.05) is 24.3 Å². The minimum Gasteiger partial charge on any atom is -0.130 e. The molecule has 0 spiro atoms. The average molecular weight is 415 g/mol. The second-order valence-electron chi connectivity index (χ2n) is 3.57. The van der Waals surface area contributed by atoms with E-state index in [1.165, 1.54) is 0 Å². The fraction of sp³-hybridized carbons (Fsp3) is 0.167. The van der Waals surface area contributed by atoms with Crippen LogP contribution in [0.15, 0.2) is 38.6 Å². The SMILES string of the molecule is Clc1cccc(CC(Cl)c2cc(Br)c(Br)s2)c1. The van der Waals surface area contributed by atoms with Gasteiger partial charge in [0.15, 0.2) is 0 Å². The molecular formula is C12H8Br2Cl2S. The van der Waals surface area contributed by atoms with Crippen LogP contribution in [0.1, 0.15) is 15.8 Å². The number of rotatable bonds is 3. The van der Waals surface area contributed by atoms with Gasteiger partial charge in [0.1, 0.15) is 0 Å². The number of halogens is 4. The third-order valence-corrected chi connectivity index (χ3v) is 6.40. The van der Waals surface area contributed by atoms with Crippen LogP contribution in [0.5, 0.6) is 0 Å². The molecule has 0 nitrogen and oxygen atoms in total. The number of thiophene rings is 1. The minimum atomic E-state index is -0.0268. The normalized spacial score (nSPS) is 12.7. The van der Waals surface area contributed by atoms with Crippen molar-refractivity contribution in [3.63, 3.8) is 0 Å². The first-order chi connectivity index (χ1) is 8.06. The van der Waals surface area contributed by atoms with Crippen LogP contribution in [0.2, 0.25) is 5.02 Å². The third-order valence-electron chi connectivity index (χ3n) is 2.28. The highest BCUT2D eigenvalue weighted by Crippen LogP contribution is 2.38. The van der Waals surface area contributed by atoms with Crippen molar-refractivity contribution in [3.05, 3.63) is 54.1 Å². The van der Waals surface area contributed by atoms with Crippen molar-refractivity contribution >= 4 is 66.4 Å². The molecule has 1 aromatic heterocycles. The molecule has 0 aliphatic heterocycles. The molecule has 0 amide bonds. The Bertz CT molecular complexity index is 505. The molecule has 2 aromatic rings. The standard InChI is InChI=1S/C12H8Br2Cl2S/c13-9-6-11(17-12(9)14)10(16)5-7-2-1-3-8(15)4-7/h1-4,6,10H,5H2. The van der Waals surface area contributed by atoms with E-state index in [9.17, 15) is 0 Å². The summed E-state index contributed by atoms with van der Waals surface area (Å²) in [6, 6.07) is 9.86. The topological polar surface area (TPSA) is 0 Å². The molecule has 0 saturated heterocycles. The maximum Gasteiger partial charge on any atom is 0.0843 e. The molecule has 0 fully saturated rings. The summed E-state index contributed by atoms with van der Waals surface area (Å²) in [5.74, 6) is 0. The second kappa shape index (κ2) is 6.07. The van der Waals surface area contributed by atoms with Crippen LogP contribution in [-0.2, 0) is 6.42 Å². The summed E-state index contributed by atoms with van der Waals surface area (Å²) in [6.07, 6.45) is 0.779. The van der Waals surface area contributed by atoms with Gasteiger partial charge in [-0.15, -0.1) is 22.9 Å². The van der Waals surface area contributed by atoms with Gasteiger partial charge in [0.05, 0.1) is 9.16 Å². The van der Waals surface area contributed by atoms with E-state index in [0.29, 0.717) is 0 Å². The van der Waals surface area contributed by atoms with Crippen LogP contribution in [0.3, 0.4) is 0 Å². The molecule has 0 radical (unpaired) electrons. The van der Waals surface area contributed by atoms with Crippen LogP contribution in [0, 0.1) is 0 Å². The molecule has 0 bridgehead atoms. The fourth-order valence-electron chi connectivity index (χ4n) is 1.49. The summed E-state index contributed by atoms with van der Waals surface area (Å²) in [6.45, 7) is 0. The number of hydrogen-bond donors (Lipinski definition) is 0. The lowest BCUT2D eigenvalue weighted by atomic mass is 10.1. The number of hydrogen-bond acceptors (Lipinski definition) is 1. The molecule has 1 atom stereocenters. The largest absolute Gasteiger partial charge is 0.130 e. The summed E-state index contributed by atoms with van der Waals surface area (Å²) in [4.78, 5) is 1.14. The molecule has 5 heteroatoms. The van der Waals surface area contributed by atoms with Gasteiger partial charge >= 0.3 is 0 Å². The Labute approximate surface area is 131 Å². The summed E-state index contributed by atoms with van der Waals surface area (Å²) in [5.41, 5.74) is 1.15. The average Bonchev–Trinajstić information content (AvgIpc) is 2.59. The zero-order chi connectivity index (χ0) is 12.4. The lowest BCUT2D eigenvalue weighted by Crippen LogP contribution is -1.93. The highest BCUT2D eigenvalue weighted by molar-refractivity contribution is 9.13. The Morgan fingerprint density at radius 2 is 2.00 bits per heavy atom. The fourth-order valence-corrected chi connectivity index (χ4v) is 4.14. The van der Waals surface area contributed by atoms with Crippen LogP contribution in [0.25, 0.3) is 0 Å². The summed E-state index contributed by atoms with van der Waals surface area (Å²) in [5, 5.41) is 0.723. The van der Waals surface area contributed by atoms with E-state index < -0.39 is 0 Å². The number of benzene rings is 1. The summed E-state index contributed by atoms with van der Waals surface area (Å²) >= 11 is 20.9. The molecular weight excluding hydrogens is 407 g/mol. The Morgan fingerprint density at radius 1 is 1.24 bits per heavy atom. The van der Waals surface area contributed by atoms with Gasteiger partial charge in [-0.3, -0.25) is 0 Å². The van der Waals surface area contributed by atoms with E-state index >= 15 is 0 Å². The Balaban J connectivity index is 2.14. The van der Waals surface area contributed by atoms with Crippen LogP contribution in [0.4, 0.5) is 0 Å². The monoisotopic (exact) mass is 412 g/mol. The van der Waals surface area contributed by atoms with Crippen molar-refractivity contribution in [1.82, 2.24) is 0 Å². The first-order valence-corrected chi connectivity index (χ1v) is 8.11. The second-order valence-corrected chi connectivity index (χ2v) is 7.79. The predicted molar refractivity (Wildman–Crippen MR) is 83.5 cm³/mol. The first kappa shape index (κ1) is 13.9. The molecule has 0 N–H and O–H groups in total. The molecule has 1 unspecified atom stereocenters. The predicted octanol–water partition coefficient (Wildman–Crippen LogP) is 6.45. The Morgan fingerprint density at radius 3 is 2.59 bits per heavy atom. The van der Waals surface area contributed by atoms with E-state index in [-0.39, 0.29) is 5.38 Å². The van der Waals surface area contributed by atoms with Gasteiger partial charge in [-0.2, -0.15) is 0 Å². The van der Waals surface area contributed by atoms with E-state index in [4.69, 9.17) is 23.2 Å². The molecule has 0 aliphatic carbocycles. The Kier molecular flexibility index (Phi) is 4.96. The highest BCUT2D eigenvalue weighted by Gasteiger charge is 2.14. The van der Waals surface area contributed by atoms with Crippen molar-refractivity contribution < 1.29 is 0 Å². The maximum atomic E-state index is 6.40. The highest BCUT2D eigenvalue weighted by atomic mass is 79.9. The van der Waals surface area contributed by atoms with Crippen LogP contribution in [-0.4, -0.2) is 0 Å². The van der Waals surface area contributed by atoms with Crippen molar-refractivity contribution in [3.8, 4) is 0 Å². The molecule has 0 saturated carbocycles. The van der Waals surface area contributed by atoms with Crippen molar-refractivity contribution in [2.45, 2.75) is 11.8 Å². The summed E-state index contributed by atoms with van der Waals surface area (Å²) in [7, 11) is 0. The Hall–Kier alpha value is 0.460. The zero-order valence-corrected chi connectivity index (χ0v) is 14.1. The van der Waals surface area contributed by atoms with Gasteiger partial charge in [0.25, 0.3) is 0 Å². The molecule has 90 valence electrons. The lowest BCUT2D eigenvalue weighted by molar-refractivity contribution is 0.940. The number of alkyl halides is 1. The maximum absolute atomic E-state index is 6.40. The molecule has 17 heavy (non-hydrogen) atoms. The lowest BCUT2D eigenvalue weighted by Gasteiger charge is -2.07. The van der Waals surface area contributed by atoms with E-state index in [2.05, 4.69) is 37.9 Å². The molecule has 0 aliphatic rings. The van der Waals surface area contributed by atoms with Gasteiger partial charge in [0, 0.05) is 14.4 Å². The van der Waals surface area contributed by atoms with E-state index in [0.717, 1.165) is 30.1 Å². The quantitative estimate of drug-likeness (QED) is 0.506. The van der Waals surface area contributed by atoms with Crippen molar-refractivity contribution in [1.29, 1.82) is 0 Å². The van der Waals surface area contributed by atoms with Gasteiger partial charge in [0.2, 0.25) is 0 Å². The molecule has 1 aromatic carbocycles. The smallest absolute Gasteiger partial charge is 0.0843 e. The van der Waals surface area contributed by atoms with Gasteiger partial charge in [-0.1, -0.05) is 23.7 Å². The van der Waals surface area contributed by atoms with Gasteiger partial charge in [-0.25, -0.2) is 0 Å². The van der Waals surface area contributed by atoms with Crippen molar-refractivity contribution in [2.24, 2.45) is 0 Å². The van der Waals surface area contributed by atoms with Gasteiger partial charge in [-0.05, 0) is 62.0 Å². The van der Waals surface area contributed by atoms with E-state index in [1.54, 1.807) is 11.3 Å². The van der Waals surface area contributed by atoms with Crippen LogP contribution >= 0.6 is 66.4 Å². The molecule has 1 heterocycles. The minimum absolute atomic E-state index is 0.0268. The van der Waals surface area contributed by atoms with Gasteiger partial charge < -0.3 is 0 Å². The third kappa shape index (κ3) is 3.71. The summed E-state index contributed by atoms with van der Waals surface area (Å²) < 4.78 is 2.12. The first-order valence-electron chi connectivity index (χ1n) is 4.89. The zero-order valence-electron chi connectivity index (χ0n) is 8.59. The van der Waals surface area contributed by atoms with Crippen molar-refractivity contribution in [2.75, 3.05) is 0 Å².